The van der Waals surface area contributed by atoms with E-state index in [9.17, 15) is 19.7 Å². The lowest BCUT2D eigenvalue weighted by molar-refractivity contribution is -0.384. The predicted octanol–water partition coefficient (Wildman–Crippen LogP) is 4.44. The summed E-state index contributed by atoms with van der Waals surface area (Å²) in [5.74, 6) is 0.591. The Bertz CT molecular complexity index is 2230. The molecule has 3 aromatic carbocycles. The quantitative estimate of drug-likeness (QED) is 0.149. The maximum Gasteiger partial charge on any atom is 0.338 e. The van der Waals surface area contributed by atoms with Gasteiger partial charge in [0.2, 0.25) is 6.79 Å². The number of thiazole rings is 1. The van der Waals surface area contributed by atoms with E-state index < -0.39 is 16.9 Å². The van der Waals surface area contributed by atoms with Crippen LogP contribution in [0, 0.1) is 10.1 Å². The predicted molar refractivity (Wildman–Crippen MR) is 167 cm³/mol. The first-order valence-corrected chi connectivity index (χ1v) is 15.0. The summed E-state index contributed by atoms with van der Waals surface area (Å²) in [7, 11) is 0. The standard InChI is InChI=1S/C33H26N4O7S/c1-3-42-32(39)29-19(2)34-33-36(30(29)21-10-13-26-27(14-21)44-18-43-26)31(38)28(45-33)15-22-17-35(25-7-5-4-6-24(22)25)16-20-8-11-23(12-9-20)37(40)41/h4-15,17,30H,3,16,18H2,1-2H3/b28-15-/t30-/m0/s1. The molecule has 5 aromatic rings. The van der Waals surface area contributed by atoms with Crippen LogP contribution in [-0.4, -0.2) is 33.4 Å². The molecule has 11 nitrogen and oxygen atoms in total. The first-order valence-electron chi connectivity index (χ1n) is 14.2. The molecule has 12 heteroatoms. The van der Waals surface area contributed by atoms with E-state index in [0.29, 0.717) is 38.6 Å². The van der Waals surface area contributed by atoms with Crippen molar-refractivity contribution in [3.05, 3.63) is 131 Å². The van der Waals surface area contributed by atoms with Gasteiger partial charge in [0.15, 0.2) is 16.3 Å². The average molecular weight is 623 g/mol. The minimum absolute atomic E-state index is 0.0348. The zero-order chi connectivity index (χ0) is 31.2. The summed E-state index contributed by atoms with van der Waals surface area (Å²) >= 11 is 1.25. The zero-order valence-corrected chi connectivity index (χ0v) is 25.1. The number of non-ortho nitro benzene ring substituents is 1. The summed E-state index contributed by atoms with van der Waals surface area (Å²) in [5.41, 5.74) is 3.86. The molecule has 0 aliphatic carbocycles. The molecule has 2 aliphatic heterocycles. The molecule has 0 saturated carbocycles. The number of nitrogens with zero attached hydrogens (tertiary/aromatic N) is 4. The number of para-hydroxylation sites is 1. The van der Waals surface area contributed by atoms with Crippen molar-refractivity contribution in [3.63, 3.8) is 0 Å². The molecule has 0 fully saturated rings. The molecule has 4 heterocycles. The second-order valence-corrected chi connectivity index (χ2v) is 11.6. The summed E-state index contributed by atoms with van der Waals surface area (Å²) in [4.78, 5) is 43.2. The number of hydrogen-bond acceptors (Lipinski definition) is 9. The van der Waals surface area contributed by atoms with Crippen LogP contribution in [-0.2, 0) is 16.1 Å². The molecule has 0 bridgehead atoms. The van der Waals surface area contributed by atoms with Crippen molar-refractivity contribution in [2.45, 2.75) is 26.4 Å². The molecule has 45 heavy (non-hydrogen) atoms. The number of nitro benzene ring substituents is 1. The highest BCUT2D eigenvalue weighted by molar-refractivity contribution is 7.07. The van der Waals surface area contributed by atoms with Gasteiger partial charge in [0.25, 0.3) is 11.2 Å². The average Bonchev–Trinajstić information content (AvgIpc) is 3.73. The van der Waals surface area contributed by atoms with Gasteiger partial charge in [-0.15, -0.1) is 0 Å². The molecular weight excluding hydrogens is 596 g/mol. The van der Waals surface area contributed by atoms with Crippen LogP contribution in [0.5, 0.6) is 11.5 Å². The molecule has 0 spiro atoms. The molecule has 0 amide bonds. The molecule has 0 saturated heterocycles. The topological polar surface area (TPSA) is 127 Å². The number of esters is 1. The van der Waals surface area contributed by atoms with Crippen LogP contribution in [0.15, 0.2) is 94.0 Å². The molecule has 0 radical (unpaired) electrons. The first kappa shape index (κ1) is 28.3. The van der Waals surface area contributed by atoms with Crippen LogP contribution in [0.1, 0.15) is 36.6 Å². The Balaban J connectivity index is 1.35. The lowest BCUT2D eigenvalue weighted by atomic mass is 9.95. The largest absolute Gasteiger partial charge is 0.463 e. The number of fused-ring (bicyclic) bond motifs is 3. The molecule has 0 unspecified atom stereocenters. The Morgan fingerprint density at radius 2 is 1.91 bits per heavy atom. The third kappa shape index (κ3) is 4.98. The van der Waals surface area contributed by atoms with Gasteiger partial charge in [-0.3, -0.25) is 19.5 Å². The Kier molecular flexibility index (Phi) is 7.05. The van der Waals surface area contributed by atoms with Gasteiger partial charge in [-0.1, -0.05) is 47.7 Å². The normalized spacial score (nSPS) is 15.7. The fourth-order valence-electron chi connectivity index (χ4n) is 5.77. The van der Waals surface area contributed by atoms with Crippen molar-refractivity contribution in [3.8, 4) is 11.5 Å². The monoisotopic (exact) mass is 622 g/mol. The number of ether oxygens (including phenoxy) is 3. The van der Waals surface area contributed by atoms with Crippen LogP contribution in [0.25, 0.3) is 17.0 Å². The summed E-state index contributed by atoms with van der Waals surface area (Å²) in [6.45, 7) is 4.24. The van der Waals surface area contributed by atoms with E-state index in [1.807, 2.05) is 42.6 Å². The van der Waals surface area contributed by atoms with Crippen LogP contribution >= 0.6 is 11.3 Å². The minimum atomic E-state index is -0.777. The maximum absolute atomic E-state index is 14.2. The van der Waals surface area contributed by atoms with Gasteiger partial charge in [-0.05, 0) is 49.2 Å². The van der Waals surface area contributed by atoms with E-state index in [4.69, 9.17) is 14.2 Å². The Hall–Kier alpha value is -5.49. The van der Waals surface area contributed by atoms with E-state index in [1.165, 1.54) is 23.5 Å². The van der Waals surface area contributed by atoms with Gasteiger partial charge in [0.05, 0.1) is 33.4 Å². The highest BCUT2D eigenvalue weighted by atomic mass is 32.1. The van der Waals surface area contributed by atoms with E-state index >= 15 is 0 Å². The molecule has 1 atom stereocenters. The summed E-state index contributed by atoms with van der Waals surface area (Å²) < 4.78 is 20.5. The molecular formula is C33H26N4O7S. The Morgan fingerprint density at radius 3 is 2.69 bits per heavy atom. The first-order chi connectivity index (χ1) is 21.8. The minimum Gasteiger partial charge on any atom is -0.463 e. The number of benzene rings is 3. The van der Waals surface area contributed by atoms with Crippen LogP contribution in [0.4, 0.5) is 5.69 Å². The van der Waals surface area contributed by atoms with Crippen LogP contribution < -0.4 is 24.4 Å². The van der Waals surface area contributed by atoms with Crippen molar-refractivity contribution in [2.75, 3.05) is 13.4 Å². The Labute approximate surface area is 259 Å². The summed E-state index contributed by atoms with van der Waals surface area (Å²) in [6.07, 6.45) is 3.81. The van der Waals surface area contributed by atoms with E-state index in [-0.39, 0.29) is 30.2 Å². The Morgan fingerprint density at radius 1 is 1.13 bits per heavy atom. The fraction of sp³-hybridized carbons (Fsp3) is 0.182. The van der Waals surface area contributed by atoms with Gasteiger partial charge >= 0.3 is 5.97 Å². The van der Waals surface area contributed by atoms with E-state index in [1.54, 1.807) is 42.7 Å². The summed E-state index contributed by atoms with van der Waals surface area (Å²) in [5, 5.41) is 12.0. The van der Waals surface area contributed by atoms with Gasteiger partial charge in [-0.25, -0.2) is 9.79 Å². The summed E-state index contributed by atoms with van der Waals surface area (Å²) in [6, 6.07) is 18.9. The van der Waals surface area contributed by atoms with Gasteiger partial charge < -0.3 is 18.8 Å². The fourth-order valence-corrected chi connectivity index (χ4v) is 6.81. The van der Waals surface area contributed by atoms with Crippen LogP contribution in [0.3, 0.4) is 0 Å². The third-order valence-corrected chi connectivity index (χ3v) is 8.82. The second-order valence-electron chi connectivity index (χ2n) is 10.6. The number of allylic oxidation sites excluding steroid dienone is 1. The van der Waals surface area contributed by atoms with Crippen molar-refractivity contribution in [2.24, 2.45) is 4.99 Å². The van der Waals surface area contributed by atoms with Gasteiger partial charge in [0.1, 0.15) is 0 Å². The molecule has 226 valence electrons. The van der Waals surface area contributed by atoms with E-state index in [0.717, 1.165) is 22.0 Å². The number of rotatable bonds is 7. The van der Waals surface area contributed by atoms with Crippen molar-refractivity contribution in [1.82, 2.24) is 9.13 Å². The smallest absolute Gasteiger partial charge is 0.338 e. The number of hydrogen-bond donors (Lipinski definition) is 0. The maximum atomic E-state index is 14.2. The molecule has 2 aromatic heterocycles. The highest BCUT2D eigenvalue weighted by Gasteiger charge is 2.34. The number of aromatic nitrogens is 2. The van der Waals surface area contributed by atoms with Crippen molar-refractivity contribution >= 4 is 40.0 Å². The third-order valence-electron chi connectivity index (χ3n) is 7.84. The van der Waals surface area contributed by atoms with Crippen molar-refractivity contribution < 1.29 is 23.9 Å². The molecule has 0 N–H and O–H groups in total. The second kappa shape index (κ2) is 11.2. The van der Waals surface area contributed by atoms with Crippen molar-refractivity contribution in [1.29, 1.82) is 0 Å². The number of carbonyl (C=O) groups excluding carboxylic acids is 1. The van der Waals surface area contributed by atoms with Crippen LogP contribution in [0.2, 0.25) is 0 Å². The van der Waals surface area contributed by atoms with Gasteiger partial charge in [-0.2, -0.15) is 0 Å². The van der Waals surface area contributed by atoms with Gasteiger partial charge in [0, 0.05) is 41.3 Å². The lowest BCUT2D eigenvalue weighted by Gasteiger charge is -2.24. The lowest BCUT2D eigenvalue weighted by Crippen LogP contribution is -2.39. The highest BCUT2D eigenvalue weighted by Crippen LogP contribution is 2.38. The number of nitro groups is 1. The number of carbonyl (C=O) groups is 1. The molecule has 2 aliphatic rings. The van der Waals surface area contributed by atoms with E-state index in [2.05, 4.69) is 9.56 Å². The zero-order valence-electron chi connectivity index (χ0n) is 24.3. The molecule has 7 rings (SSSR count). The SMILES string of the molecule is CCOC(=O)C1=C(C)N=c2s/c(=C\c3cn(Cc4ccc([N+](=O)[O-])cc4)c4ccccc34)c(=O)n2[C@H]1c1ccc2c(c1)OCO2.